The van der Waals surface area contributed by atoms with E-state index in [0.717, 1.165) is 27.3 Å². The van der Waals surface area contributed by atoms with Crippen LogP contribution in [0.15, 0.2) is 60.7 Å². The zero-order chi connectivity index (χ0) is 26.5. The molecule has 0 aliphatic heterocycles. The van der Waals surface area contributed by atoms with Crippen LogP contribution in [0.4, 0.5) is 4.79 Å². The monoisotopic (exact) mass is 511 g/mol. The van der Waals surface area contributed by atoms with Crippen molar-refractivity contribution < 1.29 is 38.0 Å². The lowest BCUT2D eigenvalue weighted by molar-refractivity contribution is -0.140. The molecule has 0 unspecified atom stereocenters. The number of amides is 1. The van der Waals surface area contributed by atoms with Gasteiger partial charge in [0.2, 0.25) is 0 Å². The highest BCUT2D eigenvalue weighted by molar-refractivity contribution is 6.11. The Morgan fingerprint density at radius 3 is 1.86 bits per heavy atom. The molecular formula is C28H33NO8. The molecule has 0 fully saturated rings. The second-order valence-electron chi connectivity index (χ2n) is 8.05. The minimum atomic E-state index is -0.581. The number of carbonyl (C=O) groups excluding carboxylic acids is 2. The smallest absolute Gasteiger partial charge is 0.412 e. The Kier molecular flexibility index (Phi) is 11.2. The van der Waals surface area contributed by atoms with Crippen LogP contribution in [-0.2, 0) is 23.7 Å². The summed E-state index contributed by atoms with van der Waals surface area (Å²) in [5.41, 5.74) is 0.347. The standard InChI is InChI=1S/C28H33NO8/c1-20(2)27(30)36-19-17-34-16-15-33-13-12-29-28(31)37-26-23-10-6-4-8-21(23)25(35-18-14-32-3)22-9-5-7-11-24(22)26/h4-11H,1,12-19H2,2-3H3,(H,29,31). The first kappa shape index (κ1) is 27.9. The Morgan fingerprint density at radius 1 is 0.757 bits per heavy atom. The van der Waals surface area contributed by atoms with Crippen molar-refractivity contribution in [2.75, 3.05) is 59.9 Å². The third-order valence-electron chi connectivity index (χ3n) is 5.26. The molecule has 1 N–H and O–H groups in total. The van der Waals surface area contributed by atoms with E-state index in [9.17, 15) is 9.59 Å². The zero-order valence-corrected chi connectivity index (χ0v) is 21.2. The van der Waals surface area contributed by atoms with Gasteiger partial charge in [0.15, 0.2) is 0 Å². The average Bonchev–Trinajstić information content (AvgIpc) is 2.91. The van der Waals surface area contributed by atoms with Crippen molar-refractivity contribution in [2.24, 2.45) is 0 Å². The molecule has 0 heterocycles. The van der Waals surface area contributed by atoms with Crippen LogP contribution in [-0.4, -0.2) is 72.0 Å². The number of carbonyl (C=O) groups is 2. The molecule has 198 valence electrons. The van der Waals surface area contributed by atoms with Gasteiger partial charge in [-0.15, -0.1) is 0 Å². The summed E-state index contributed by atoms with van der Waals surface area (Å²) in [5, 5.41) is 5.94. The summed E-state index contributed by atoms with van der Waals surface area (Å²) in [6.07, 6.45) is -0.581. The third kappa shape index (κ3) is 8.18. The summed E-state index contributed by atoms with van der Waals surface area (Å²) in [5.74, 6) is 0.746. The van der Waals surface area contributed by atoms with E-state index in [1.807, 2.05) is 48.5 Å². The molecule has 3 aromatic rings. The minimum absolute atomic E-state index is 0.155. The van der Waals surface area contributed by atoms with Crippen LogP contribution in [0, 0.1) is 0 Å². The summed E-state index contributed by atoms with van der Waals surface area (Å²) in [4.78, 5) is 23.9. The van der Waals surface area contributed by atoms with E-state index < -0.39 is 12.1 Å². The first-order valence-electron chi connectivity index (χ1n) is 12.0. The van der Waals surface area contributed by atoms with E-state index >= 15 is 0 Å². The quantitative estimate of drug-likeness (QED) is 0.140. The van der Waals surface area contributed by atoms with Gasteiger partial charge in [-0.1, -0.05) is 55.1 Å². The molecule has 3 aromatic carbocycles. The number of nitrogens with one attached hydrogen (secondary N) is 1. The van der Waals surface area contributed by atoms with E-state index in [1.54, 1.807) is 14.0 Å². The molecule has 0 atom stereocenters. The van der Waals surface area contributed by atoms with E-state index in [0.29, 0.717) is 37.8 Å². The Hall–Kier alpha value is -3.66. The van der Waals surface area contributed by atoms with Gasteiger partial charge in [-0.25, -0.2) is 9.59 Å². The molecule has 9 heteroatoms. The summed E-state index contributed by atoms with van der Waals surface area (Å²) in [7, 11) is 1.63. The molecule has 1 amide bonds. The van der Waals surface area contributed by atoms with Crippen molar-refractivity contribution in [2.45, 2.75) is 6.92 Å². The van der Waals surface area contributed by atoms with Crippen molar-refractivity contribution >= 4 is 33.6 Å². The normalized spacial score (nSPS) is 10.9. The molecule has 0 saturated carbocycles. The van der Waals surface area contributed by atoms with Gasteiger partial charge in [0.05, 0.1) is 33.0 Å². The highest BCUT2D eigenvalue weighted by Gasteiger charge is 2.18. The van der Waals surface area contributed by atoms with Crippen molar-refractivity contribution in [3.63, 3.8) is 0 Å². The molecule has 37 heavy (non-hydrogen) atoms. The fourth-order valence-corrected chi connectivity index (χ4v) is 3.53. The number of hydrogen-bond donors (Lipinski definition) is 1. The van der Waals surface area contributed by atoms with Crippen LogP contribution in [0.2, 0.25) is 0 Å². The first-order valence-corrected chi connectivity index (χ1v) is 12.0. The highest BCUT2D eigenvalue weighted by atomic mass is 16.6. The maximum absolute atomic E-state index is 12.6. The maximum atomic E-state index is 12.6. The van der Waals surface area contributed by atoms with Gasteiger partial charge < -0.3 is 33.7 Å². The van der Waals surface area contributed by atoms with E-state index in [2.05, 4.69) is 11.9 Å². The van der Waals surface area contributed by atoms with Gasteiger partial charge in [0.1, 0.15) is 24.7 Å². The fourth-order valence-electron chi connectivity index (χ4n) is 3.53. The van der Waals surface area contributed by atoms with Gasteiger partial charge in [-0.3, -0.25) is 0 Å². The lowest BCUT2D eigenvalue weighted by Crippen LogP contribution is -2.30. The molecule has 0 aliphatic rings. The van der Waals surface area contributed by atoms with Gasteiger partial charge in [-0.2, -0.15) is 0 Å². The zero-order valence-electron chi connectivity index (χ0n) is 21.2. The van der Waals surface area contributed by atoms with Gasteiger partial charge >= 0.3 is 12.1 Å². The second-order valence-corrected chi connectivity index (χ2v) is 8.05. The summed E-state index contributed by atoms with van der Waals surface area (Å²) >= 11 is 0. The largest absolute Gasteiger partial charge is 0.490 e. The van der Waals surface area contributed by atoms with E-state index in [-0.39, 0.29) is 26.4 Å². The van der Waals surface area contributed by atoms with Crippen LogP contribution < -0.4 is 14.8 Å². The van der Waals surface area contributed by atoms with Gasteiger partial charge in [0.25, 0.3) is 0 Å². The van der Waals surface area contributed by atoms with Gasteiger partial charge in [-0.05, 0) is 6.92 Å². The molecular weight excluding hydrogens is 478 g/mol. The van der Waals surface area contributed by atoms with Crippen LogP contribution in [0.5, 0.6) is 11.5 Å². The lowest BCUT2D eigenvalue weighted by Gasteiger charge is -2.17. The topological polar surface area (TPSA) is 102 Å². The first-order chi connectivity index (χ1) is 18.0. The number of esters is 1. The number of rotatable bonds is 15. The predicted octanol–water partition coefficient (Wildman–Crippen LogP) is 4.26. The van der Waals surface area contributed by atoms with Crippen LogP contribution in [0.1, 0.15) is 6.92 Å². The van der Waals surface area contributed by atoms with Crippen molar-refractivity contribution in [3.05, 3.63) is 60.7 Å². The van der Waals surface area contributed by atoms with Crippen molar-refractivity contribution in [3.8, 4) is 11.5 Å². The molecule has 0 radical (unpaired) electrons. The van der Waals surface area contributed by atoms with Crippen LogP contribution >= 0.6 is 0 Å². The van der Waals surface area contributed by atoms with E-state index in [4.69, 9.17) is 28.4 Å². The fraction of sp³-hybridized carbons (Fsp3) is 0.357. The maximum Gasteiger partial charge on any atom is 0.412 e. The molecule has 3 rings (SSSR count). The summed E-state index contributed by atoms with van der Waals surface area (Å²) < 4.78 is 32.7. The molecule has 0 saturated heterocycles. The van der Waals surface area contributed by atoms with Crippen LogP contribution in [0.25, 0.3) is 21.5 Å². The Bertz CT molecular complexity index is 1150. The summed E-state index contributed by atoms with van der Waals surface area (Å²) in [6, 6.07) is 15.3. The van der Waals surface area contributed by atoms with Crippen LogP contribution in [0.3, 0.4) is 0 Å². The van der Waals surface area contributed by atoms with Gasteiger partial charge in [0, 0.05) is 40.8 Å². The van der Waals surface area contributed by atoms with Crippen molar-refractivity contribution in [1.82, 2.24) is 5.32 Å². The number of fused-ring (bicyclic) bond motifs is 2. The SMILES string of the molecule is C=C(C)C(=O)OCCOCCOCCNC(=O)Oc1c2ccccc2c(OCCOC)c2ccccc12. The number of methoxy groups -OCH3 is 1. The number of hydrogen-bond acceptors (Lipinski definition) is 8. The molecule has 0 spiro atoms. The second kappa shape index (κ2) is 14.8. The predicted molar refractivity (Wildman–Crippen MR) is 140 cm³/mol. The number of ether oxygens (including phenoxy) is 6. The molecule has 9 nitrogen and oxygen atoms in total. The highest BCUT2D eigenvalue weighted by Crippen LogP contribution is 2.42. The number of benzene rings is 3. The Balaban J connectivity index is 1.51. The molecule has 0 aliphatic carbocycles. The molecule has 0 bridgehead atoms. The average molecular weight is 512 g/mol. The van der Waals surface area contributed by atoms with Crippen molar-refractivity contribution in [1.29, 1.82) is 0 Å². The Labute approximate surface area is 216 Å². The Morgan fingerprint density at radius 2 is 1.30 bits per heavy atom. The minimum Gasteiger partial charge on any atom is -0.490 e. The lowest BCUT2D eigenvalue weighted by atomic mass is 10.0. The third-order valence-corrected chi connectivity index (χ3v) is 5.26. The molecule has 0 aromatic heterocycles. The summed E-state index contributed by atoms with van der Waals surface area (Å²) in [6.45, 7) is 7.61. The van der Waals surface area contributed by atoms with E-state index in [1.165, 1.54) is 0 Å².